The Morgan fingerprint density at radius 1 is 1.22 bits per heavy atom. The van der Waals surface area contributed by atoms with Gasteiger partial charge in [-0.3, -0.25) is 4.79 Å². The Balaban J connectivity index is 1.74. The van der Waals surface area contributed by atoms with E-state index >= 15 is 0 Å². The number of likely N-dealkylation sites (tertiary alicyclic amines) is 2. The highest BCUT2D eigenvalue weighted by molar-refractivity contribution is 5.79. The molecule has 2 aliphatic rings. The SMILES string of the molecule is CCC(O)CN1CCC(C(=O)N2CCCC2)CC1. The van der Waals surface area contributed by atoms with E-state index in [0.717, 1.165) is 52.0 Å². The average Bonchev–Trinajstić information content (AvgIpc) is 2.92. The van der Waals surface area contributed by atoms with Crippen molar-refractivity contribution in [2.45, 2.75) is 45.1 Å². The molecule has 1 N–H and O–H groups in total. The molecular formula is C14H26N2O2. The zero-order valence-electron chi connectivity index (χ0n) is 11.5. The molecule has 2 rings (SSSR count). The number of amides is 1. The first-order valence-corrected chi connectivity index (χ1v) is 7.40. The van der Waals surface area contributed by atoms with E-state index in [-0.39, 0.29) is 12.0 Å². The van der Waals surface area contributed by atoms with E-state index in [9.17, 15) is 9.90 Å². The summed E-state index contributed by atoms with van der Waals surface area (Å²) in [5.74, 6) is 0.612. The van der Waals surface area contributed by atoms with E-state index in [2.05, 4.69) is 4.90 Å². The first kappa shape index (κ1) is 13.8. The Labute approximate surface area is 110 Å². The van der Waals surface area contributed by atoms with Crippen LogP contribution in [0.1, 0.15) is 39.0 Å². The normalized spacial score (nSPS) is 24.4. The molecule has 2 heterocycles. The van der Waals surface area contributed by atoms with Crippen molar-refractivity contribution in [1.29, 1.82) is 0 Å². The molecule has 104 valence electrons. The molecule has 0 aromatic heterocycles. The summed E-state index contributed by atoms with van der Waals surface area (Å²) in [5.41, 5.74) is 0. The van der Waals surface area contributed by atoms with Gasteiger partial charge in [-0.05, 0) is 45.2 Å². The topological polar surface area (TPSA) is 43.8 Å². The third kappa shape index (κ3) is 3.45. The van der Waals surface area contributed by atoms with Crippen LogP contribution in [-0.2, 0) is 4.79 Å². The van der Waals surface area contributed by atoms with E-state index in [1.165, 1.54) is 12.8 Å². The Kier molecular flexibility index (Phi) is 5.01. The molecule has 2 fully saturated rings. The molecule has 0 bridgehead atoms. The van der Waals surface area contributed by atoms with Gasteiger partial charge >= 0.3 is 0 Å². The maximum Gasteiger partial charge on any atom is 0.225 e. The highest BCUT2D eigenvalue weighted by Crippen LogP contribution is 2.22. The molecule has 0 saturated carbocycles. The maximum absolute atomic E-state index is 12.2. The number of nitrogens with zero attached hydrogens (tertiary/aromatic N) is 2. The lowest BCUT2D eigenvalue weighted by Crippen LogP contribution is -2.43. The van der Waals surface area contributed by atoms with Gasteiger partial charge in [-0.2, -0.15) is 0 Å². The van der Waals surface area contributed by atoms with Gasteiger partial charge in [0.15, 0.2) is 0 Å². The van der Waals surface area contributed by atoms with Crippen LogP contribution in [0.3, 0.4) is 0 Å². The summed E-state index contributed by atoms with van der Waals surface area (Å²) in [6, 6.07) is 0. The Hall–Kier alpha value is -0.610. The fourth-order valence-electron chi connectivity index (χ4n) is 2.99. The highest BCUT2D eigenvalue weighted by atomic mass is 16.3. The van der Waals surface area contributed by atoms with Gasteiger partial charge in [-0.1, -0.05) is 6.92 Å². The van der Waals surface area contributed by atoms with Crippen LogP contribution in [0.15, 0.2) is 0 Å². The Morgan fingerprint density at radius 3 is 2.39 bits per heavy atom. The van der Waals surface area contributed by atoms with E-state index < -0.39 is 0 Å². The van der Waals surface area contributed by atoms with E-state index in [4.69, 9.17) is 0 Å². The minimum Gasteiger partial charge on any atom is -0.392 e. The summed E-state index contributed by atoms with van der Waals surface area (Å²) in [4.78, 5) is 16.6. The van der Waals surface area contributed by atoms with E-state index in [1.807, 2.05) is 11.8 Å². The molecule has 0 radical (unpaired) electrons. The number of carbonyl (C=O) groups is 1. The van der Waals surface area contributed by atoms with Crippen molar-refractivity contribution in [2.75, 3.05) is 32.7 Å². The minimum absolute atomic E-state index is 0.212. The summed E-state index contributed by atoms with van der Waals surface area (Å²) >= 11 is 0. The lowest BCUT2D eigenvalue weighted by atomic mass is 9.95. The standard InChI is InChI=1S/C14H26N2O2/c1-2-13(17)11-15-9-5-12(6-10-15)14(18)16-7-3-4-8-16/h12-13,17H,2-11H2,1H3. The van der Waals surface area contributed by atoms with Gasteiger partial charge in [-0.15, -0.1) is 0 Å². The zero-order chi connectivity index (χ0) is 13.0. The van der Waals surface area contributed by atoms with Crippen molar-refractivity contribution < 1.29 is 9.90 Å². The van der Waals surface area contributed by atoms with Gasteiger partial charge in [0, 0.05) is 25.6 Å². The maximum atomic E-state index is 12.2. The number of carbonyl (C=O) groups excluding carboxylic acids is 1. The lowest BCUT2D eigenvalue weighted by Gasteiger charge is -2.33. The largest absolute Gasteiger partial charge is 0.392 e. The van der Waals surface area contributed by atoms with Gasteiger partial charge in [0.05, 0.1) is 6.10 Å². The second kappa shape index (κ2) is 6.53. The number of aliphatic hydroxyl groups excluding tert-OH is 1. The smallest absolute Gasteiger partial charge is 0.225 e. The Morgan fingerprint density at radius 2 is 1.83 bits per heavy atom. The zero-order valence-corrected chi connectivity index (χ0v) is 11.5. The van der Waals surface area contributed by atoms with Crippen molar-refractivity contribution in [3.8, 4) is 0 Å². The average molecular weight is 254 g/mol. The molecule has 1 amide bonds. The predicted octanol–water partition coefficient (Wildman–Crippen LogP) is 1.09. The van der Waals surface area contributed by atoms with Crippen LogP contribution < -0.4 is 0 Å². The van der Waals surface area contributed by atoms with Gasteiger partial charge in [-0.25, -0.2) is 0 Å². The second-order valence-electron chi connectivity index (χ2n) is 5.67. The summed E-state index contributed by atoms with van der Waals surface area (Å²) in [6.45, 7) is 6.62. The van der Waals surface area contributed by atoms with Gasteiger partial charge < -0.3 is 14.9 Å². The molecule has 0 spiro atoms. The highest BCUT2D eigenvalue weighted by Gasteiger charge is 2.29. The number of aliphatic hydroxyl groups is 1. The Bertz CT molecular complexity index is 269. The first-order chi connectivity index (χ1) is 8.70. The number of hydrogen-bond acceptors (Lipinski definition) is 3. The molecule has 1 unspecified atom stereocenters. The molecule has 2 saturated heterocycles. The third-order valence-corrected chi connectivity index (χ3v) is 4.29. The van der Waals surface area contributed by atoms with Crippen LogP contribution >= 0.6 is 0 Å². The van der Waals surface area contributed by atoms with Gasteiger partial charge in [0.25, 0.3) is 0 Å². The summed E-state index contributed by atoms with van der Waals surface area (Å²) in [7, 11) is 0. The third-order valence-electron chi connectivity index (χ3n) is 4.29. The van der Waals surface area contributed by atoms with Crippen LogP contribution in [0.5, 0.6) is 0 Å². The predicted molar refractivity (Wildman–Crippen MR) is 71.3 cm³/mol. The number of rotatable bonds is 4. The first-order valence-electron chi connectivity index (χ1n) is 7.40. The molecule has 4 nitrogen and oxygen atoms in total. The van der Waals surface area contributed by atoms with Crippen LogP contribution in [0.2, 0.25) is 0 Å². The molecule has 18 heavy (non-hydrogen) atoms. The quantitative estimate of drug-likeness (QED) is 0.817. The van der Waals surface area contributed by atoms with Gasteiger partial charge in [0.1, 0.15) is 0 Å². The number of hydrogen-bond donors (Lipinski definition) is 1. The van der Waals surface area contributed by atoms with Gasteiger partial charge in [0.2, 0.25) is 5.91 Å². The van der Waals surface area contributed by atoms with Crippen LogP contribution in [0, 0.1) is 5.92 Å². The molecule has 0 aromatic carbocycles. The molecule has 0 aliphatic carbocycles. The van der Waals surface area contributed by atoms with Crippen LogP contribution in [0.4, 0.5) is 0 Å². The van der Waals surface area contributed by atoms with Crippen molar-refractivity contribution in [2.24, 2.45) is 5.92 Å². The van der Waals surface area contributed by atoms with E-state index in [1.54, 1.807) is 0 Å². The minimum atomic E-state index is -0.212. The lowest BCUT2D eigenvalue weighted by molar-refractivity contribution is -0.136. The number of β-amino-alcohol motifs (C(OH)–C–C–N with tert-alkyl or cyclic N) is 1. The summed E-state index contributed by atoms with van der Waals surface area (Å²) < 4.78 is 0. The van der Waals surface area contributed by atoms with E-state index in [0.29, 0.717) is 5.91 Å². The molecule has 0 aromatic rings. The molecule has 1 atom stereocenters. The van der Waals surface area contributed by atoms with Crippen LogP contribution in [-0.4, -0.2) is 59.6 Å². The summed E-state index contributed by atoms with van der Waals surface area (Å²) in [6.07, 6.45) is 4.88. The number of piperidine rings is 1. The summed E-state index contributed by atoms with van der Waals surface area (Å²) in [5, 5.41) is 9.64. The van der Waals surface area contributed by atoms with Crippen LogP contribution in [0.25, 0.3) is 0 Å². The van der Waals surface area contributed by atoms with Crippen molar-refractivity contribution in [1.82, 2.24) is 9.80 Å². The van der Waals surface area contributed by atoms with Crippen molar-refractivity contribution in [3.05, 3.63) is 0 Å². The van der Waals surface area contributed by atoms with Crippen molar-refractivity contribution >= 4 is 5.91 Å². The molecule has 2 aliphatic heterocycles. The fourth-order valence-corrected chi connectivity index (χ4v) is 2.99. The second-order valence-corrected chi connectivity index (χ2v) is 5.67. The molecular weight excluding hydrogens is 228 g/mol. The monoisotopic (exact) mass is 254 g/mol. The fraction of sp³-hybridized carbons (Fsp3) is 0.929. The van der Waals surface area contributed by atoms with Crippen molar-refractivity contribution in [3.63, 3.8) is 0 Å². The molecule has 4 heteroatoms.